The predicted molar refractivity (Wildman–Crippen MR) is 31.8 cm³/mol. The van der Waals surface area contributed by atoms with Crippen molar-refractivity contribution in [3.63, 3.8) is 0 Å². The fraction of sp³-hybridized carbons (Fsp3) is 0.500. The lowest BCUT2D eigenvalue weighted by atomic mass is 10.5. The van der Waals surface area contributed by atoms with E-state index >= 15 is 0 Å². The number of amides is 1. The van der Waals surface area contributed by atoms with Gasteiger partial charge in [-0.05, 0) is 0 Å². The molecule has 1 aliphatic heterocycles. The fourth-order valence-electron chi connectivity index (χ4n) is 0.835. The number of hydrogen-bond donors (Lipinski definition) is 0. The Morgan fingerprint density at radius 2 is 2.18 bits per heavy atom. The normalized spacial score (nSPS) is 18.1. The molecular formula is C6H6F3NO. The van der Waals surface area contributed by atoms with Gasteiger partial charge in [-0.15, -0.1) is 0 Å². The van der Waals surface area contributed by atoms with Crippen molar-refractivity contribution in [1.82, 2.24) is 4.90 Å². The first kappa shape index (κ1) is 8.10. The molecule has 0 aliphatic carbocycles. The summed E-state index contributed by atoms with van der Waals surface area (Å²) < 4.78 is 35.0. The van der Waals surface area contributed by atoms with Gasteiger partial charge >= 0.3 is 6.18 Å². The molecule has 0 atom stereocenters. The highest BCUT2D eigenvalue weighted by Crippen LogP contribution is 2.17. The van der Waals surface area contributed by atoms with Gasteiger partial charge in [-0.1, -0.05) is 6.08 Å². The minimum Gasteiger partial charge on any atom is -0.326 e. The van der Waals surface area contributed by atoms with Crippen molar-refractivity contribution in [2.45, 2.75) is 6.18 Å². The molecule has 0 aromatic carbocycles. The van der Waals surface area contributed by atoms with Crippen LogP contribution in [0.2, 0.25) is 0 Å². The first-order valence-corrected chi connectivity index (χ1v) is 3.01. The maximum absolute atomic E-state index is 11.7. The molecule has 1 amide bonds. The van der Waals surface area contributed by atoms with E-state index in [-0.39, 0.29) is 6.54 Å². The van der Waals surface area contributed by atoms with Crippen molar-refractivity contribution in [2.24, 2.45) is 0 Å². The minimum atomic E-state index is -4.29. The minimum absolute atomic E-state index is 0.0678. The second kappa shape index (κ2) is 2.56. The van der Waals surface area contributed by atoms with E-state index < -0.39 is 18.6 Å². The van der Waals surface area contributed by atoms with Gasteiger partial charge in [0.2, 0.25) is 5.91 Å². The molecule has 0 saturated heterocycles. The summed E-state index contributed by atoms with van der Waals surface area (Å²) in [6.45, 7) is -1.09. The lowest BCUT2D eigenvalue weighted by Gasteiger charge is -2.16. The third-order valence-electron chi connectivity index (χ3n) is 1.27. The van der Waals surface area contributed by atoms with Gasteiger partial charge in [-0.2, -0.15) is 13.2 Å². The summed E-state index contributed by atoms with van der Waals surface area (Å²) in [5.41, 5.74) is 0. The fourth-order valence-corrected chi connectivity index (χ4v) is 0.835. The molecule has 0 spiro atoms. The number of nitrogens with zero attached hydrogens (tertiary/aromatic N) is 1. The van der Waals surface area contributed by atoms with Gasteiger partial charge in [0.15, 0.2) is 0 Å². The Hall–Kier alpha value is -1.00. The lowest BCUT2D eigenvalue weighted by molar-refractivity contribution is -0.155. The van der Waals surface area contributed by atoms with Crippen molar-refractivity contribution >= 4 is 5.91 Å². The van der Waals surface area contributed by atoms with Gasteiger partial charge in [-0.25, -0.2) is 0 Å². The molecule has 1 aliphatic rings. The predicted octanol–water partition coefficient (Wildman–Crippen LogP) is 0.947. The van der Waals surface area contributed by atoms with Gasteiger partial charge in [0, 0.05) is 12.6 Å². The molecule has 5 heteroatoms. The summed E-state index contributed by atoms with van der Waals surface area (Å²) in [5.74, 6) is -0.567. The van der Waals surface area contributed by atoms with Crippen LogP contribution in [-0.2, 0) is 4.79 Å². The smallest absolute Gasteiger partial charge is 0.326 e. The van der Waals surface area contributed by atoms with E-state index in [9.17, 15) is 18.0 Å². The van der Waals surface area contributed by atoms with Gasteiger partial charge in [0.1, 0.15) is 6.54 Å². The maximum atomic E-state index is 11.7. The number of hydrogen-bond acceptors (Lipinski definition) is 1. The molecule has 0 N–H and O–H groups in total. The van der Waals surface area contributed by atoms with Gasteiger partial charge < -0.3 is 4.90 Å². The second-order valence-electron chi connectivity index (χ2n) is 2.24. The topological polar surface area (TPSA) is 20.3 Å². The molecule has 62 valence electrons. The lowest BCUT2D eigenvalue weighted by Crippen LogP contribution is -2.35. The Kier molecular flexibility index (Phi) is 1.89. The van der Waals surface area contributed by atoms with Crippen LogP contribution in [0.4, 0.5) is 13.2 Å². The number of carbonyl (C=O) groups is 1. The molecule has 0 radical (unpaired) electrons. The molecule has 0 unspecified atom stereocenters. The summed E-state index contributed by atoms with van der Waals surface area (Å²) >= 11 is 0. The molecule has 0 aromatic rings. The number of carbonyl (C=O) groups excluding carboxylic acids is 1. The quantitative estimate of drug-likeness (QED) is 0.566. The highest BCUT2D eigenvalue weighted by atomic mass is 19.4. The van der Waals surface area contributed by atoms with Crippen LogP contribution in [0.1, 0.15) is 0 Å². The number of rotatable bonds is 1. The second-order valence-corrected chi connectivity index (χ2v) is 2.24. The van der Waals surface area contributed by atoms with E-state index in [0.29, 0.717) is 0 Å². The summed E-state index contributed by atoms with van der Waals surface area (Å²) in [6.07, 6.45) is -1.73. The number of halogens is 3. The molecule has 2 nitrogen and oxygen atoms in total. The van der Waals surface area contributed by atoms with E-state index in [1.807, 2.05) is 0 Å². The van der Waals surface area contributed by atoms with Gasteiger partial charge in [-0.3, -0.25) is 4.79 Å². The zero-order valence-corrected chi connectivity index (χ0v) is 5.56. The first-order chi connectivity index (χ1) is 4.99. The molecule has 1 heterocycles. The third kappa shape index (κ3) is 2.25. The Labute approximate surface area is 61.3 Å². The third-order valence-corrected chi connectivity index (χ3v) is 1.27. The van der Waals surface area contributed by atoms with Crippen LogP contribution in [0.25, 0.3) is 0 Å². The molecule has 0 saturated carbocycles. The Morgan fingerprint density at radius 1 is 1.55 bits per heavy atom. The van der Waals surface area contributed by atoms with Crippen molar-refractivity contribution in [2.75, 3.05) is 13.1 Å². The van der Waals surface area contributed by atoms with Crippen LogP contribution in [0, 0.1) is 0 Å². The maximum Gasteiger partial charge on any atom is 0.406 e. The molecule has 11 heavy (non-hydrogen) atoms. The van der Waals surface area contributed by atoms with Crippen LogP contribution in [0.3, 0.4) is 0 Å². The summed E-state index contributed by atoms with van der Waals surface area (Å²) in [7, 11) is 0. The zero-order chi connectivity index (χ0) is 8.48. The summed E-state index contributed by atoms with van der Waals surface area (Å²) in [6, 6.07) is 0. The van der Waals surface area contributed by atoms with Crippen LogP contribution in [0.5, 0.6) is 0 Å². The van der Waals surface area contributed by atoms with Crippen molar-refractivity contribution in [3.8, 4) is 0 Å². The summed E-state index contributed by atoms with van der Waals surface area (Å²) in [5, 5.41) is 0. The Balaban J connectivity index is 2.46. The highest BCUT2D eigenvalue weighted by Gasteiger charge is 2.33. The van der Waals surface area contributed by atoms with Crippen LogP contribution < -0.4 is 0 Å². The van der Waals surface area contributed by atoms with Crippen LogP contribution in [-0.4, -0.2) is 30.1 Å². The van der Waals surface area contributed by atoms with Gasteiger partial charge in [0.25, 0.3) is 0 Å². The van der Waals surface area contributed by atoms with Crippen molar-refractivity contribution < 1.29 is 18.0 Å². The monoisotopic (exact) mass is 165 g/mol. The Morgan fingerprint density at radius 3 is 2.55 bits per heavy atom. The standard InChI is InChI=1S/C6H6F3NO/c7-6(8,9)4-10-3-1-2-5(10)11/h1-2H,3-4H2. The van der Waals surface area contributed by atoms with Crippen molar-refractivity contribution in [1.29, 1.82) is 0 Å². The molecule has 0 aromatic heterocycles. The highest BCUT2D eigenvalue weighted by molar-refractivity contribution is 5.89. The van der Waals surface area contributed by atoms with E-state index in [4.69, 9.17) is 0 Å². The summed E-state index contributed by atoms with van der Waals surface area (Å²) in [4.78, 5) is 11.3. The first-order valence-electron chi connectivity index (χ1n) is 3.01. The average Bonchev–Trinajstić information content (AvgIpc) is 2.12. The van der Waals surface area contributed by atoms with E-state index in [0.717, 1.165) is 11.0 Å². The van der Waals surface area contributed by atoms with Crippen LogP contribution in [0.15, 0.2) is 12.2 Å². The molecule has 0 bridgehead atoms. The SMILES string of the molecule is O=C1C=CCN1CC(F)(F)F. The van der Waals surface area contributed by atoms with E-state index in [1.54, 1.807) is 0 Å². The molecular weight excluding hydrogens is 159 g/mol. The molecule has 1 rings (SSSR count). The zero-order valence-electron chi connectivity index (χ0n) is 5.56. The van der Waals surface area contributed by atoms with Crippen LogP contribution >= 0.6 is 0 Å². The number of alkyl halides is 3. The van der Waals surface area contributed by atoms with Crippen molar-refractivity contribution in [3.05, 3.63) is 12.2 Å². The molecule has 0 fully saturated rings. The van der Waals surface area contributed by atoms with E-state index in [1.165, 1.54) is 6.08 Å². The average molecular weight is 165 g/mol. The van der Waals surface area contributed by atoms with Gasteiger partial charge in [0.05, 0.1) is 0 Å². The van der Waals surface area contributed by atoms with E-state index in [2.05, 4.69) is 0 Å². The largest absolute Gasteiger partial charge is 0.406 e. The Bertz CT molecular complexity index is 196.